The zero-order chi connectivity index (χ0) is 13.9. The molecule has 7 nitrogen and oxygen atoms in total. The van der Waals surface area contributed by atoms with Crippen LogP contribution in [0.25, 0.3) is 0 Å². The van der Waals surface area contributed by atoms with Crippen LogP contribution in [0.2, 0.25) is 0 Å². The smallest absolute Gasteiger partial charge is 0.244 e. The Hall–Kier alpha value is -2.04. The fraction of sp³-hybridized carbons (Fsp3) is 0.538. The van der Waals surface area contributed by atoms with Crippen LogP contribution in [-0.2, 0) is 14.9 Å². The number of aryl methyl sites for hydroxylation is 1. The SMILES string of the molecule is Cc1[nH]nc2c1C1(CC[C@H]3COC1O3)C(C#N)=C(N)O2. The van der Waals surface area contributed by atoms with Crippen LogP contribution < -0.4 is 10.5 Å². The maximum Gasteiger partial charge on any atom is 0.244 e. The van der Waals surface area contributed by atoms with Crippen molar-refractivity contribution in [2.24, 2.45) is 5.73 Å². The molecule has 3 N–H and O–H groups in total. The molecular formula is C13H14N4O3. The van der Waals surface area contributed by atoms with Crippen molar-refractivity contribution < 1.29 is 14.2 Å². The average molecular weight is 274 g/mol. The van der Waals surface area contributed by atoms with Crippen LogP contribution in [0.1, 0.15) is 24.1 Å². The molecule has 4 rings (SSSR count). The fourth-order valence-electron chi connectivity index (χ4n) is 3.51. The molecule has 7 heteroatoms. The molecule has 4 heterocycles. The van der Waals surface area contributed by atoms with Crippen molar-refractivity contribution in [1.29, 1.82) is 5.26 Å². The number of aromatic amines is 1. The Kier molecular flexibility index (Phi) is 2.20. The first-order valence-corrected chi connectivity index (χ1v) is 6.57. The lowest BCUT2D eigenvalue weighted by atomic mass is 9.68. The van der Waals surface area contributed by atoms with Gasteiger partial charge in [-0.3, -0.25) is 5.10 Å². The van der Waals surface area contributed by atoms with Crippen LogP contribution in [0, 0.1) is 18.3 Å². The molecule has 1 spiro atoms. The number of ether oxygens (including phenoxy) is 3. The number of nitrogens with two attached hydrogens (primary N) is 1. The van der Waals surface area contributed by atoms with Crippen molar-refractivity contribution in [2.45, 2.75) is 37.6 Å². The summed E-state index contributed by atoms with van der Waals surface area (Å²) in [4.78, 5) is 0. The Morgan fingerprint density at radius 2 is 2.40 bits per heavy atom. The Bertz CT molecular complexity index is 659. The first kappa shape index (κ1) is 11.8. The molecule has 1 aromatic rings. The van der Waals surface area contributed by atoms with E-state index in [1.807, 2.05) is 6.92 Å². The van der Waals surface area contributed by atoms with Crippen LogP contribution in [-0.4, -0.2) is 29.2 Å². The van der Waals surface area contributed by atoms with E-state index in [1.54, 1.807) is 0 Å². The van der Waals surface area contributed by atoms with E-state index in [4.69, 9.17) is 19.9 Å². The molecular weight excluding hydrogens is 260 g/mol. The first-order valence-electron chi connectivity index (χ1n) is 6.57. The van der Waals surface area contributed by atoms with Gasteiger partial charge in [-0.05, 0) is 19.8 Å². The predicted molar refractivity (Wildman–Crippen MR) is 66.3 cm³/mol. The van der Waals surface area contributed by atoms with Crippen molar-refractivity contribution >= 4 is 0 Å². The van der Waals surface area contributed by atoms with Gasteiger partial charge in [0.2, 0.25) is 11.8 Å². The Balaban J connectivity index is 1.99. The molecule has 0 saturated carbocycles. The van der Waals surface area contributed by atoms with E-state index in [-0.39, 0.29) is 12.0 Å². The third-order valence-corrected chi connectivity index (χ3v) is 4.38. The molecule has 104 valence electrons. The molecule has 3 aliphatic rings. The lowest BCUT2D eigenvalue weighted by molar-refractivity contribution is -0.126. The van der Waals surface area contributed by atoms with Crippen LogP contribution in [0.15, 0.2) is 11.5 Å². The predicted octanol–water partition coefficient (Wildman–Crippen LogP) is 0.578. The maximum absolute atomic E-state index is 9.55. The topological polar surface area (TPSA) is 106 Å². The molecule has 2 unspecified atom stereocenters. The monoisotopic (exact) mass is 274 g/mol. The highest BCUT2D eigenvalue weighted by molar-refractivity contribution is 5.55. The number of aromatic nitrogens is 2. The zero-order valence-corrected chi connectivity index (χ0v) is 11.0. The van der Waals surface area contributed by atoms with E-state index in [2.05, 4.69) is 16.3 Å². The number of hydrogen-bond donors (Lipinski definition) is 2. The van der Waals surface area contributed by atoms with Crippen molar-refractivity contribution in [3.8, 4) is 11.9 Å². The highest BCUT2D eigenvalue weighted by Crippen LogP contribution is 2.53. The van der Waals surface area contributed by atoms with Crippen molar-refractivity contribution in [3.05, 3.63) is 22.7 Å². The maximum atomic E-state index is 9.55. The Labute approximate surface area is 115 Å². The second-order valence-corrected chi connectivity index (χ2v) is 5.42. The quantitative estimate of drug-likeness (QED) is 0.716. The molecule has 1 aromatic heterocycles. The summed E-state index contributed by atoms with van der Waals surface area (Å²) in [5, 5.41) is 16.6. The van der Waals surface area contributed by atoms with Gasteiger partial charge >= 0.3 is 0 Å². The normalized spacial score (nSPS) is 34.8. The molecule has 2 bridgehead atoms. The van der Waals surface area contributed by atoms with E-state index >= 15 is 0 Å². The van der Waals surface area contributed by atoms with Gasteiger partial charge in [-0.2, -0.15) is 5.26 Å². The standard InChI is InChI=1S/C13H14N4O3/c1-6-9-11(17-16-6)20-10(15)8(4-14)13(9)3-2-7-5-18-12(13)19-7/h7,12H,2-3,5,15H2,1H3,(H,16,17)/t7-,12?,13?/m0/s1. The minimum absolute atomic E-state index is 0.0871. The molecule has 2 fully saturated rings. The van der Waals surface area contributed by atoms with Gasteiger partial charge in [0.25, 0.3) is 0 Å². The van der Waals surface area contributed by atoms with Crippen molar-refractivity contribution in [2.75, 3.05) is 6.61 Å². The summed E-state index contributed by atoms with van der Waals surface area (Å²) < 4.78 is 17.1. The minimum Gasteiger partial charge on any atom is -0.420 e. The Morgan fingerprint density at radius 1 is 1.55 bits per heavy atom. The van der Waals surface area contributed by atoms with Gasteiger partial charge in [-0.25, -0.2) is 0 Å². The molecule has 3 aliphatic heterocycles. The van der Waals surface area contributed by atoms with Crippen LogP contribution in [0.5, 0.6) is 5.88 Å². The third-order valence-electron chi connectivity index (χ3n) is 4.38. The van der Waals surface area contributed by atoms with E-state index in [0.29, 0.717) is 18.1 Å². The molecule has 0 aromatic carbocycles. The number of H-pyrrole nitrogens is 1. The summed E-state index contributed by atoms with van der Waals surface area (Å²) in [6.45, 7) is 2.45. The van der Waals surface area contributed by atoms with E-state index in [9.17, 15) is 5.26 Å². The van der Waals surface area contributed by atoms with Crippen molar-refractivity contribution in [3.63, 3.8) is 0 Å². The number of nitrogens with zero attached hydrogens (tertiary/aromatic N) is 2. The first-order chi connectivity index (χ1) is 9.66. The lowest BCUT2D eigenvalue weighted by Gasteiger charge is -2.42. The summed E-state index contributed by atoms with van der Waals surface area (Å²) in [5.41, 5.74) is 7.26. The van der Waals surface area contributed by atoms with Gasteiger partial charge in [0.05, 0.1) is 23.7 Å². The number of nitrogens with one attached hydrogen (secondary N) is 1. The van der Waals surface area contributed by atoms with Gasteiger partial charge in [0, 0.05) is 5.69 Å². The van der Waals surface area contributed by atoms with Crippen molar-refractivity contribution in [1.82, 2.24) is 10.2 Å². The molecule has 0 aliphatic carbocycles. The average Bonchev–Trinajstić information content (AvgIpc) is 3.00. The number of hydrogen-bond acceptors (Lipinski definition) is 6. The largest absolute Gasteiger partial charge is 0.420 e. The zero-order valence-electron chi connectivity index (χ0n) is 11.0. The number of nitriles is 1. The van der Waals surface area contributed by atoms with Gasteiger partial charge < -0.3 is 19.9 Å². The second-order valence-electron chi connectivity index (χ2n) is 5.42. The minimum atomic E-state index is -0.712. The number of rotatable bonds is 0. The van der Waals surface area contributed by atoms with Gasteiger partial charge in [0.15, 0.2) is 6.29 Å². The fourth-order valence-corrected chi connectivity index (χ4v) is 3.51. The summed E-state index contributed by atoms with van der Waals surface area (Å²) in [5.74, 6) is 0.501. The van der Waals surface area contributed by atoms with Gasteiger partial charge in [0.1, 0.15) is 11.6 Å². The van der Waals surface area contributed by atoms with Crippen LogP contribution in [0.4, 0.5) is 0 Å². The van der Waals surface area contributed by atoms with E-state index in [1.165, 1.54) is 0 Å². The molecule has 20 heavy (non-hydrogen) atoms. The Morgan fingerprint density at radius 3 is 3.20 bits per heavy atom. The molecule has 2 saturated heterocycles. The van der Waals surface area contributed by atoms with Crippen LogP contribution in [0.3, 0.4) is 0 Å². The molecule has 3 atom stereocenters. The summed E-state index contributed by atoms with van der Waals surface area (Å²) in [6.07, 6.45) is 1.15. The highest BCUT2D eigenvalue weighted by Gasteiger charge is 2.58. The lowest BCUT2D eigenvalue weighted by Crippen LogP contribution is -2.48. The van der Waals surface area contributed by atoms with Crippen LogP contribution >= 0.6 is 0 Å². The van der Waals surface area contributed by atoms with Gasteiger partial charge in [-0.15, -0.1) is 5.10 Å². The van der Waals surface area contributed by atoms with Gasteiger partial charge in [-0.1, -0.05) is 0 Å². The molecule has 0 radical (unpaired) electrons. The summed E-state index contributed by atoms with van der Waals surface area (Å²) in [7, 11) is 0. The number of fused-ring (bicyclic) bond motifs is 5. The summed E-state index contributed by atoms with van der Waals surface area (Å²) in [6, 6.07) is 2.18. The third kappa shape index (κ3) is 1.23. The molecule has 0 amide bonds. The van der Waals surface area contributed by atoms with E-state index < -0.39 is 11.7 Å². The summed E-state index contributed by atoms with van der Waals surface area (Å²) >= 11 is 0. The second kappa shape index (κ2) is 3.75. The highest BCUT2D eigenvalue weighted by atomic mass is 16.7. The van der Waals surface area contributed by atoms with E-state index in [0.717, 1.165) is 24.1 Å².